The van der Waals surface area contributed by atoms with E-state index in [9.17, 15) is 28.2 Å². The van der Waals surface area contributed by atoms with E-state index >= 15 is 0 Å². The van der Waals surface area contributed by atoms with Gasteiger partial charge in [0, 0.05) is 24.7 Å². The highest BCUT2D eigenvalue weighted by atomic mass is 19.4. The molecule has 28 heavy (non-hydrogen) atoms. The molecule has 0 radical (unpaired) electrons. The number of carbonyl (C=O) groups excluding carboxylic acids is 1. The number of carbonyl (C=O) groups is 1. The summed E-state index contributed by atoms with van der Waals surface area (Å²) >= 11 is 0. The second kappa shape index (κ2) is 7.89. The van der Waals surface area contributed by atoms with E-state index in [0.717, 1.165) is 23.9 Å². The third kappa shape index (κ3) is 4.18. The van der Waals surface area contributed by atoms with Gasteiger partial charge < -0.3 is 15.1 Å². The Hall–Kier alpha value is -2.45. The first-order valence-electron chi connectivity index (χ1n) is 8.90. The van der Waals surface area contributed by atoms with Gasteiger partial charge in [0.15, 0.2) is 0 Å². The maximum absolute atomic E-state index is 12.8. The Morgan fingerprint density at radius 1 is 1.21 bits per heavy atom. The quantitative estimate of drug-likeness (QED) is 0.836. The third-order valence-corrected chi connectivity index (χ3v) is 5.19. The molecule has 1 saturated heterocycles. The zero-order valence-corrected chi connectivity index (χ0v) is 15.1. The van der Waals surface area contributed by atoms with Gasteiger partial charge in [0.2, 0.25) is 0 Å². The smallest absolute Gasteiger partial charge is 0.396 e. The first-order valence-corrected chi connectivity index (χ1v) is 8.90. The second-order valence-corrected chi connectivity index (χ2v) is 7.14. The predicted molar refractivity (Wildman–Crippen MR) is 95.4 cm³/mol. The molecule has 0 saturated carbocycles. The van der Waals surface area contributed by atoms with Gasteiger partial charge in [0.05, 0.1) is 18.3 Å². The van der Waals surface area contributed by atoms with Crippen LogP contribution in [0.5, 0.6) is 0 Å². The predicted octanol–water partition coefficient (Wildman–Crippen LogP) is 2.53. The summed E-state index contributed by atoms with van der Waals surface area (Å²) in [5, 5.41) is 20.6. The van der Waals surface area contributed by atoms with Gasteiger partial charge in [-0.15, -0.1) is 0 Å². The molecule has 1 amide bonds. The van der Waals surface area contributed by atoms with Crippen LogP contribution in [0.3, 0.4) is 0 Å². The van der Waals surface area contributed by atoms with Crippen LogP contribution in [0, 0.1) is 5.41 Å². The normalized spacial score (nSPS) is 22.9. The van der Waals surface area contributed by atoms with E-state index in [1.807, 2.05) is 30.3 Å². The molecule has 0 bridgehead atoms. The number of amides is 1. The zero-order chi connectivity index (χ0) is 20.4. The monoisotopic (exact) mass is 394 g/mol. The van der Waals surface area contributed by atoms with Crippen LogP contribution in [0.2, 0.25) is 0 Å². The number of alkyl halides is 3. The molecule has 0 aliphatic carbocycles. The van der Waals surface area contributed by atoms with Gasteiger partial charge in [0.1, 0.15) is 5.69 Å². The zero-order valence-electron chi connectivity index (χ0n) is 15.1. The van der Waals surface area contributed by atoms with Crippen LogP contribution >= 0.6 is 0 Å². The Labute approximate surface area is 160 Å². The van der Waals surface area contributed by atoms with Crippen molar-refractivity contribution in [2.24, 2.45) is 5.41 Å². The lowest BCUT2D eigenvalue weighted by atomic mass is 9.73. The van der Waals surface area contributed by atoms with Crippen LogP contribution in [-0.2, 0) is 12.6 Å². The number of likely N-dealkylation sites (tertiary alicyclic amines) is 1. The van der Waals surface area contributed by atoms with E-state index in [0.29, 0.717) is 6.42 Å². The summed E-state index contributed by atoms with van der Waals surface area (Å²) in [4.78, 5) is 17.6. The topological polar surface area (TPSA) is 73.7 Å². The number of pyridine rings is 1. The summed E-state index contributed by atoms with van der Waals surface area (Å²) in [5.41, 5.74) is -1.04. The molecule has 2 atom stereocenters. The Balaban J connectivity index is 1.80. The standard InChI is InChI=1S/C20H21F3N2O3/c21-20(22,23)16-7-6-15(11-24-16)18(28)25-9-8-17(27)19(12-25,13-26)10-14-4-2-1-3-5-14/h1-7,11,17,26-27H,8-10,12-13H2/t17-,19+/m0/s1. The van der Waals surface area contributed by atoms with Crippen molar-refractivity contribution in [3.05, 3.63) is 65.5 Å². The fraction of sp³-hybridized carbons (Fsp3) is 0.400. The van der Waals surface area contributed by atoms with Crippen molar-refractivity contribution in [3.63, 3.8) is 0 Å². The summed E-state index contributed by atoms with van der Waals surface area (Å²) in [6, 6.07) is 11.2. The summed E-state index contributed by atoms with van der Waals surface area (Å²) in [6.45, 7) is 0.0229. The minimum absolute atomic E-state index is 0.0379. The number of benzene rings is 1. The average Bonchev–Trinajstić information content (AvgIpc) is 2.69. The number of aliphatic hydroxyl groups excluding tert-OH is 2. The Bertz CT molecular complexity index is 812. The number of aromatic nitrogens is 1. The lowest BCUT2D eigenvalue weighted by molar-refractivity contribution is -0.141. The SMILES string of the molecule is O=C(c1ccc(C(F)(F)F)nc1)N1CC[C@H](O)[C@](CO)(Cc2ccccc2)C1. The van der Waals surface area contributed by atoms with Crippen molar-refractivity contribution in [2.45, 2.75) is 25.1 Å². The van der Waals surface area contributed by atoms with E-state index in [2.05, 4.69) is 4.98 Å². The highest BCUT2D eigenvalue weighted by molar-refractivity contribution is 5.94. The van der Waals surface area contributed by atoms with Crippen molar-refractivity contribution >= 4 is 5.91 Å². The molecule has 2 heterocycles. The second-order valence-electron chi connectivity index (χ2n) is 7.14. The number of nitrogens with zero attached hydrogens (tertiary/aromatic N) is 2. The van der Waals surface area contributed by atoms with Gasteiger partial charge in [0.25, 0.3) is 5.91 Å². The van der Waals surface area contributed by atoms with Gasteiger partial charge >= 0.3 is 6.18 Å². The van der Waals surface area contributed by atoms with Crippen LogP contribution in [0.15, 0.2) is 48.7 Å². The maximum atomic E-state index is 12.8. The summed E-state index contributed by atoms with van der Waals surface area (Å²) in [7, 11) is 0. The van der Waals surface area contributed by atoms with E-state index in [-0.39, 0.29) is 31.7 Å². The average molecular weight is 394 g/mol. The molecule has 2 N–H and O–H groups in total. The van der Waals surface area contributed by atoms with E-state index in [1.165, 1.54) is 4.90 Å². The molecule has 1 aliphatic heterocycles. The van der Waals surface area contributed by atoms with Gasteiger partial charge in [-0.1, -0.05) is 30.3 Å². The molecule has 8 heteroatoms. The number of rotatable bonds is 4. The largest absolute Gasteiger partial charge is 0.433 e. The summed E-state index contributed by atoms with van der Waals surface area (Å²) < 4.78 is 38.0. The first-order chi connectivity index (χ1) is 13.2. The molecule has 5 nitrogen and oxygen atoms in total. The van der Waals surface area contributed by atoms with E-state index in [1.54, 1.807) is 0 Å². The first kappa shape index (κ1) is 20.3. The maximum Gasteiger partial charge on any atom is 0.433 e. The number of hydrogen-bond donors (Lipinski definition) is 2. The molecule has 1 fully saturated rings. The van der Waals surface area contributed by atoms with Crippen molar-refractivity contribution in [2.75, 3.05) is 19.7 Å². The number of hydrogen-bond acceptors (Lipinski definition) is 4. The van der Waals surface area contributed by atoms with Crippen LogP contribution in [-0.4, -0.2) is 51.8 Å². The van der Waals surface area contributed by atoms with Crippen LogP contribution in [0.1, 0.15) is 28.0 Å². The molecule has 0 spiro atoms. The van der Waals surface area contributed by atoms with Crippen LogP contribution in [0.25, 0.3) is 0 Å². The van der Waals surface area contributed by atoms with Crippen LogP contribution < -0.4 is 0 Å². The molecule has 0 unspecified atom stereocenters. The highest BCUT2D eigenvalue weighted by Crippen LogP contribution is 2.34. The molecule has 150 valence electrons. The molecule has 1 aliphatic rings. The van der Waals surface area contributed by atoms with Crippen molar-refractivity contribution in [3.8, 4) is 0 Å². The Morgan fingerprint density at radius 2 is 1.93 bits per heavy atom. The Morgan fingerprint density at radius 3 is 2.50 bits per heavy atom. The fourth-order valence-electron chi connectivity index (χ4n) is 3.58. The number of piperidine rings is 1. The lowest BCUT2D eigenvalue weighted by Crippen LogP contribution is -2.56. The van der Waals surface area contributed by atoms with Crippen molar-refractivity contribution < 1.29 is 28.2 Å². The van der Waals surface area contributed by atoms with Gasteiger partial charge in [-0.05, 0) is 30.5 Å². The van der Waals surface area contributed by atoms with Gasteiger partial charge in [-0.2, -0.15) is 13.2 Å². The number of aliphatic hydroxyl groups is 2. The number of halogens is 3. The minimum atomic E-state index is -4.57. The Kier molecular flexibility index (Phi) is 5.71. The molecule has 1 aromatic carbocycles. The van der Waals surface area contributed by atoms with Gasteiger partial charge in [-0.25, -0.2) is 0 Å². The summed E-state index contributed by atoms with van der Waals surface area (Å²) in [6.07, 6.45) is -3.81. The summed E-state index contributed by atoms with van der Waals surface area (Å²) in [5.74, 6) is -0.473. The van der Waals surface area contributed by atoms with Crippen molar-refractivity contribution in [1.29, 1.82) is 0 Å². The van der Waals surface area contributed by atoms with E-state index < -0.39 is 29.3 Å². The third-order valence-electron chi connectivity index (χ3n) is 5.19. The molecular formula is C20H21F3N2O3. The van der Waals surface area contributed by atoms with Crippen molar-refractivity contribution in [1.82, 2.24) is 9.88 Å². The molecule has 2 aromatic rings. The van der Waals surface area contributed by atoms with Gasteiger partial charge in [-0.3, -0.25) is 9.78 Å². The van der Waals surface area contributed by atoms with E-state index in [4.69, 9.17) is 0 Å². The molecule has 1 aromatic heterocycles. The lowest BCUT2D eigenvalue weighted by Gasteiger charge is -2.45. The van der Waals surface area contributed by atoms with Crippen LogP contribution in [0.4, 0.5) is 13.2 Å². The molecular weight excluding hydrogens is 373 g/mol. The highest BCUT2D eigenvalue weighted by Gasteiger charge is 2.44. The minimum Gasteiger partial charge on any atom is -0.396 e. The fourth-order valence-corrected chi connectivity index (χ4v) is 3.58. The molecule has 3 rings (SSSR count).